The number of phenols is 1. The topological polar surface area (TPSA) is 20.2 Å². The van der Waals surface area contributed by atoms with Crippen LogP contribution in [0.2, 0.25) is 0 Å². The van der Waals surface area contributed by atoms with Crippen LogP contribution in [0.3, 0.4) is 0 Å². The first-order valence-electron chi connectivity index (χ1n) is 7.03. The quantitative estimate of drug-likeness (QED) is 0.461. The Morgan fingerprint density at radius 2 is 1.33 bits per heavy atom. The van der Waals surface area contributed by atoms with Gasteiger partial charge < -0.3 is 5.11 Å². The number of hydrogen-bond donors (Lipinski definition) is 1. The van der Waals surface area contributed by atoms with Crippen molar-refractivity contribution in [3.05, 3.63) is 78.9 Å². The average molecular weight is 270 g/mol. The Balaban J connectivity index is 2.21. The van der Waals surface area contributed by atoms with Crippen molar-refractivity contribution in [3.8, 4) is 16.9 Å². The Bertz CT molecular complexity index is 940. The lowest BCUT2D eigenvalue weighted by molar-refractivity contribution is 0.482. The zero-order valence-electron chi connectivity index (χ0n) is 11.5. The van der Waals surface area contributed by atoms with E-state index in [2.05, 4.69) is 36.4 Å². The van der Waals surface area contributed by atoms with E-state index in [1.807, 2.05) is 42.5 Å². The van der Waals surface area contributed by atoms with Crippen LogP contribution in [0.4, 0.5) is 0 Å². The molecule has 4 rings (SSSR count). The van der Waals surface area contributed by atoms with E-state index in [1.165, 1.54) is 16.5 Å². The van der Waals surface area contributed by atoms with Gasteiger partial charge in [-0.2, -0.15) is 0 Å². The fraction of sp³-hybridized carbons (Fsp3) is 0. The van der Waals surface area contributed by atoms with Gasteiger partial charge in [-0.05, 0) is 33.4 Å². The van der Waals surface area contributed by atoms with E-state index in [4.69, 9.17) is 0 Å². The maximum Gasteiger partial charge on any atom is 0.124 e. The first-order chi connectivity index (χ1) is 10.3. The van der Waals surface area contributed by atoms with Crippen LogP contribution in [0.1, 0.15) is 0 Å². The number of rotatable bonds is 1. The van der Waals surface area contributed by atoms with Gasteiger partial charge in [-0.1, -0.05) is 72.8 Å². The molecule has 4 aromatic carbocycles. The molecular formula is C20H14O. The Morgan fingerprint density at radius 1 is 0.619 bits per heavy atom. The molecule has 0 heterocycles. The molecule has 0 saturated heterocycles. The van der Waals surface area contributed by atoms with E-state index in [0.29, 0.717) is 5.75 Å². The summed E-state index contributed by atoms with van der Waals surface area (Å²) in [6.07, 6.45) is 0. The molecule has 1 N–H and O–H groups in total. The molecule has 0 aliphatic rings. The normalized spacial score (nSPS) is 11.0. The van der Waals surface area contributed by atoms with Crippen molar-refractivity contribution in [2.24, 2.45) is 0 Å². The fourth-order valence-electron chi connectivity index (χ4n) is 3.00. The van der Waals surface area contributed by atoms with Crippen molar-refractivity contribution in [3.63, 3.8) is 0 Å². The summed E-state index contributed by atoms with van der Waals surface area (Å²) in [4.78, 5) is 0. The molecule has 0 unspecified atom stereocenters. The molecular weight excluding hydrogens is 256 g/mol. The smallest absolute Gasteiger partial charge is 0.124 e. The lowest BCUT2D eigenvalue weighted by atomic mass is 9.93. The maximum absolute atomic E-state index is 10.2. The minimum Gasteiger partial charge on any atom is -0.507 e. The van der Waals surface area contributed by atoms with E-state index in [9.17, 15) is 5.11 Å². The second-order valence-electron chi connectivity index (χ2n) is 5.21. The number of hydrogen-bond acceptors (Lipinski definition) is 1. The summed E-state index contributed by atoms with van der Waals surface area (Å²) in [5.74, 6) is 0.336. The summed E-state index contributed by atoms with van der Waals surface area (Å²) in [7, 11) is 0. The van der Waals surface area contributed by atoms with E-state index in [-0.39, 0.29) is 0 Å². The van der Waals surface area contributed by atoms with Gasteiger partial charge in [0.05, 0.1) is 0 Å². The Labute approximate surface area is 123 Å². The third-order valence-electron chi connectivity index (χ3n) is 3.95. The van der Waals surface area contributed by atoms with Crippen LogP contribution in [-0.4, -0.2) is 5.11 Å². The summed E-state index contributed by atoms with van der Waals surface area (Å²) in [5, 5.41) is 14.5. The predicted molar refractivity (Wildman–Crippen MR) is 88.6 cm³/mol. The predicted octanol–water partition coefficient (Wildman–Crippen LogP) is 5.37. The molecule has 0 spiro atoms. The molecule has 1 heteroatoms. The molecule has 21 heavy (non-hydrogen) atoms. The summed E-state index contributed by atoms with van der Waals surface area (Å²) < 4.78 is 0. The molecule has 0 bridgehead atoms. The molecule has 0 aromatic heterocycles. The molecule has 0 fully saturated rings. The molecule has 0 aliphatic heterocycles. The van der Waals surface area contributed by atoms with Gasteiger partial charge in [0.15, 0.2) is 0 Å². The lowest BCUT2D eigenvalue weighted by Crippen LogP contribution is -1.84. The summed E-state index contributed by atoms with van der Waals surface area (Å²) in [6.45, 7) is 0. The van der Waals surface area contributed by atoms with Gasteiger partial charge in [0.25, 0.3) is 0 Å². The highest BCUT2D eigenvalue weighted by molar-refractivity contribution is 6.16. The molecule has 100 valence electrons. The molecule has 0 amide bonds. The standard InChI is InChI=1S/C20H14O/c21-19-13-15-9-6-12-16(14-7-2-1-3-8-14)20(15)18-11-5-4-10-17(18)19/h1-13,21H. The van der Waals surface area contributed by atoms with Gasteiger partial charge in [0.1, 0.15) is 5.75 Å². The van der Waals surface area contributed by atoms with Gasteiger partial charge in [-0.3, -0.25) is 0 Å². The van der Waals surface area contributed by atoms with E-state index in [0.717, 1.165) is 16.2 Å². The van der Waals surface area contributed by atoms with Crippen LogP contribution in [0.5, 0.6) is 5.75 Å². The third-order valence-corrected chi connectivity index (χ3v) is 3.95. The van der Waals surface area contributed by atoms with E-state index < -0.39 is 0 Å². The maximum atomic E-state index is 10.2. The van der Waals surface area contributed by atoms with Crippen molar-refractivity contribution in [1.82, 2.24) is 0 Å². The minimum absolute atomic E-state index is 0.336. The molecule has 4 aromatic rings. The van der Waals surface area contributed by atoms with Crippen LogP contribution < -0.4 is 0 Å². The van der Waals surface area contributed by atoms with Crippen LogP contribution in [0, 0.1) is 0 Å². The fourth-order valence-corrected chi connectivity index (χ4v) is 3.00. The Hall–Kier alpha value is -2.80. The molecule has 1 nitrogen and oxygen atoms in total. The second kappa shape index (κ2) is 4.64. The van der Waals surface area contributed by atoms with E-state index in [1.54, 1.807) is 0 Å². The highest BCUT2D eigenvalue weighted by atomic mass is 16.3. The van der Waals surface area contributed by atoms with Crippen molar-refractivity contribution in [2.75, 3.05) is 0 Å². The van der Waals surface area contributed by atoms with Crippen LogP contribution in [0.15, 0.2) is 78.9 Å². The lowest BCUT2D eigenvalue weighted by Gasteiger charge is -2.11. The van der Waals surface area contributed by atoms with Gasteiger partial charge in [-0.15, -0.1) is 0 Å². The molecule has 0 atom stereocenters. The van der Waals surface area contributed by atoms with Crippen LogP contribution in [-0.2, 0) is 0 Å². The van der Waals surface area contributed by atoms with Gasteiger partial charge >= 0.3 is 0 Å². The van der Waals surface area contributed by atoms with Crippen LogP contribution >= 0.6 is 0 Å². The third kappa shape index (κ3) is 1.86. The van der Waals surface area contributed by atoms with Gasteiger partial charge in [-0.25, -0.2) is 0 Å². The number of aromatic hydroxyl groups is 1. The van der Waals surface area contributed by atoms with Gasteiger partial charge in [0, 0.05) is 5.39 Å². The summed E-state index contributed by atoms with van der Waals surface area (Å²) in [5.41, 5.74) is 2.39. The first kappa shape index (κ1) is 12.0. The molecule has 0 radical (unpaired) electrons. The highest BCUT2D eigenvalue weighted by Gasteiger charge is 2.10. The zero-order valence-corrected chi connectivity index (χ0v) is 11.5. The van der Waals surface area contributed by atoms with Gasteiger partial charge in [0.2, 0.25) is 0 Å². The van der Waals surface area contributed by atoms with Crippen molar-refractivity contribution in [1.29, 1.82) is 0 Å². The van der Waals surface area contributed by atoms with Crippen molar-refractivity contribution >= 4 is 21.5 Å². The second-order valence-corrected chi connectivity index (χ2v) is 5.21. The van der Waals surface area contributed by atoms with E-state index >= 15 is 0 Å². The Morgan fingerprint density at radius 3 is 2.14 bits per heavy atom. The van der Waals surface area contributed by atoms with Crippen molar-refractivity contribution in [2.45, 2.75) is 0 Å². The summed E-state index contributed by atoms with van der Waals surface area (Å²) >= 11 is 0. The molecule has 0 aliphatic carbocycles. The average Bonchev–Trinajstić information content (AvgIpc) is 2.55. The first-order valence-corrected chi connectivity index (χ1v) is 7.03. The minimum atomic E-state index is 0.336. The Kier molecular flexibility index (Phi) is 2.65. The number of phenolic OH excluding ortho intramolecular Hbond substituents is 1. The van der Waals surface area contributed by atoms with Crippen LogP contribution in [0.25, 0.3) is 32.7 Å². The summed E-state index contributed by atoms with van der Waals surface area (Å²) in [6, 6.07) is 26.5. The zero-order chi connectivity index (χ0) is 14.2. The SMILES string of the molecule is Oc1cc2cccc(-c3ccccc3)c2c2ccccc12. The number of fused-ring (bicyclic) bond motifs is 3. The number of benzene rings is 4. The highest BCUT2D eigenvalue weighted by Crippen LogP contribution is 2.38. The largest absolute Gasteiger partial charge is 0.507 e. The monoisotopic (exact) mass is 270 g/mol. The molecule has 0 saturated carbocycles. The van der Waals surface area contributed by atoms with Crippen molar-refractivity contribution < 1.29 is 5.11 Å².